The summed E-state index contributed by atoms with van der Waals surface area (Å²) >= 11 is 0. The van der Waals surface area contributed by atoms with Crippen molar-refractivity contribution in [2.45, 2.75) is 69.7 Å². The van der Waals surface area contributed by atoms with Gasteiger partial charge in [0.1, 0.15) is 18.0 Å². The largest absolute Gasteiger partial charge is 0.497 e. The monoisotopic (exact) mass is 449 g/mol. The molecular weight excluding hydrogens is 418 g/mol. The normalized spacial score (nSPS) is 15.7. The fourth-order valence-corrected chi connectivity index (χ4v) is 5.74. The molecule has 1 aliphatic carbocycles. The number of rotatable bonds is 7. The number of hydrogen-bond acceptors (Lipinski definition) is 6. The maximum absolute atomic E-state index is 13.5. The second-order valence-electron chi connectivity index (χ2n) is 7.97. The number of benzene rings is 1. The second kappa shape index (κ2) is 10.2. The standard InChI is InChI=1S/C22H31N3O5S/c1-16-22(17(2)30-24-16)31(27,28)25(19-11-13-20(29-3)14-12-19)15-21(26)23-18-9-7-5-4-6-8-10-18/h11-14,18H,4-10,15H2,1-3H3,(H,23,26). The lowest BCUT2D eigenvalue weighted by Gasteiger charge is -2.26. The summed E-state index contributed by atoms with van der Waals surface area (Å²) in [6.45, 7) is 2.80. The zero-order valence-electron chi connectivity index (χ0n) is 18.4. The number of aryl methyl sites for hydroxylation is 2. The van der Waals surface area contributed by atoms with Crippen LogP contribution in [0.25, 0.3) is 0 Å². The highest BCUT2D eigenvalue weighted by molar-refractivity contribution is 7.93. The Morgan fingerprint density at radius 1 is 1.13 bits per heavy atom. The first-order valence-corrected chi connectivity index (χ1v) is 12.2. The van der Waals surface area contributed by atoms with Crippen molar-refractivity contribution >= 4 is 21.6 Å². The van der Waals surface area contributed by atoms with Crippen LogP contribution < -0.4 is 14.4 Å². The number of carbonyl (C=O) groups excluding carboxylic acids is 1. The molecule has 0 aliphatic heterocycles. The molecule has 8 nitrogen and oxygen atoms in total. The van der Waals surface area contributed by atoms with Crippen LogP contribution in [0.4, 0.5) is 5.69 Å². The van der Waals surface area contributed by atoms with E-state index in [1.807, 2.05) is 0 Å². The van der Waals surface area contributed by atoms with Gasteiger partial charge in [-0.25, -0.2) is 8.42 Å². The van der Waals surface area contributed by atoms with Gasteiger partial charge in [0.25, 0.3) is 10.0 Å². The predicted octanol–water partition coefficient (Wildman–Crippen LogP) is 3.72. The quantitative estimate of drug-likeness (QED) is 0.691. The maximum atomic E-state index is 13.5. The van der Waals surface area contributed by atoms with E-state index < -0.39 is 10.0 Å². The minimum absolute atomic E-state index is 0.0120. The van der Waals surface area contributed by atoms with Gasteiger partial charge in [-0.2, -0.15) is 0 Å². The summed E-state index contributed by atoms with van der Waals surface area (Å²) in [4.78, 5) is 12.9. The number of amides is 1. The third kappa shape index (κ3) is 5.58. The third-order valence-electron chi connectivity index (χ3n) is 5.63. The summed E-state index contributed by atoms with van der Waals surface area (Å²) in [6.07, 6.45) is 7.57. The molecule has 170 valence electrons. The van der Waals surface area contributed by atoms with Crippen LogP contribution in [0.2, 0.25) is 0 Å². The topological polar surface area (TPSA) is 102 Å². The zero-order chi connectivity index (χ0) is 22.4. The Balaban J connectivity index is 1.87. The van der Waals surface area contributed by atoms with Crippen LogP contribution in [0.3, 0.4) is 0 Å². The van der Waals surface area contributed by atoms with Crippen LogP contribution in [-0.2, 0) is 14.8 Å². The van der Waals surface area contributed by atoms with Crippen molar-refractivity contribution in [2.24, 2.45) is 0 Å². The molecule has 0 unspecified atom stereocenters. The summed E-state index contributed by atoms with van der Waals surface area (Å²) in [5.74, 6) is 0.463. The number of hydrogen-bond donors (Lipinski definition) is 1. The Kier molecular flexibility index (Phi) is 7.59. The van der Waals surface area contributed by atoms with E-state index in [2.05, 4.69) is 10.5 Å². The molecule has 0 saturated heterocycles. The van der Waals surface area contributed by atoms with Gasteiger partial charge in [-0.1, -0.05) is 37.3 Å². The second-order valence-corrected chi connectivity index (χ2v) is 9.77. The number of methoxy groups -OCH3 is 1. The van der Waals surface area contributed by atoms with Crippen LogP contribution in [-0.4, -0.2) is 39.2 Å². The fourth-order valence-electron chi connectivity index (χ4n) is 4.02. The Morgan fingerprint density at radius 3 is 2.29 bits per heavy atom. The van der Waals surface area contributed by atoms with Gasteiger partial charge < -0.3 is 14.6 Å². The number of carbonyl (C=O) groups is 1. The van der Waals surface area contributed by atoms with Crippen molar-refractivity contribution in [3.63, 3.8) is 0 Å². The van der Waals surface area contributed by atoms with Crippen molar-refractivity contribution in [3.8, 4) is 5.75 Å². The molecule has 0 spiro atoms. The van der Waals surface area contributed by atoms with Crippen molar-refractivity contribution in [3.05, 3.63) is 35.7 Å². The molecule has 2 aromatic rings. The lowest BCUT2D eigenvalue weighted by Crippen LogP contribution is -2.44. The summed E-state index contributed by atoms with van der Waals surface area (Å²) in [5.41, 5.74) is 0.630. The molecule has 1 N–H and O–H groups in total. The molecule has 1 aromatic heterocycles. The average Bonchev–Trinajstić information content (AvgIpc) is 3.07. The number of nitrogens with one attached hydrogen (secondary N) is 1. The Labute approximate surface area is 184 Å². The molecule has 1 heterocycles. The molecule has 0 radical (unpaired) electrons. The maximum Gasteiger partial charge on any atom is 0.270 e. The van der Waals surface area contributed by atoms with E-state index >= 15 is 0 Å². The van der Waals surface area contributed by atoms with Crippen LogP contribution >= 0.6 is 0 Å². The highest BCUT2D eigenvalue weighted by Crippen LogP contribution is 2.29. The van der Waals surface area contributed by atoms with Gasteiger partial charge in [-0.3, -0.25) is 9.10 Å². The smallest absolute Gasteiger partial charge is 0.270 e. The van der Waals surface area contributed by atoms with Gasteiger partial charge in [0.2, 0.25) is 5.91 Å². The molecule has 3 rings (SSSR count). The Bertz CT molecular complexity index is 958. The van der Waals surface area contributed by atoms with E-state index in [-0.39, 0.29) is 34.8 Å². The van der Waals surface area contributed by atoms with Gasteiger partial charge in [-0.15, -0.1) is 0 Å². The first-order chi connectivity index (χ1) is 14.8. The van der Waals surface area contributed by atoms with E-state index in [1.165, 1.54) is 26.4 Å². The van der Waals surface area contributed by atoms with Crippen LogP contribution in [0.15, 0.2) is 33.7 Å². The number of sulfonamides is 1. The first kappa shape index (κ1) is 23.1. The molecular formula is C22H31N3O5S. The Hall–Kier alpha value is -2.55. The van der Waals surface area contributed by atoms with E-state index in [4.69, 9.17) is 9.26 Å². The molecule has 1 amide bonds. The number of ether oxygens (including phenoxy) is 1. The summed E-state index contributed by atoms with van der Waals surface area (Å²) in [6, 6.07) is 6.65. The highest BCUT2D eigenvalue weighted by atomic mass is 32.2. The van der Waals surface area contributed by atoms with Gasteiger partial charge in [0, 0.05) is 6.04 Å². The highest BCUT2D eigenvalue weighted by Gasteiger charge is 2.33. The lowest BCUT2D eigenvalue weighted by atomic mass is 9.97. The van der Waals surface area contributed by atoms with Crippen molar-refractivity contribution in [1.29, 1.82) is 0 Å². The molecule has 31 heavy (non-hydrogen) atoms. The van der Waals surface area contributed by atoms with Crippen molar-refractivity contribution in [1.82, 2.24) is 10.5 Å². The third-order valence-corrected chi connectivity index (χ3v) is 7.65. The first-order valence-electron chi connectivity index (χ1n) is 10.7. The van der Waals surface area contributed by atoms with Crippen molar-refractivity contribution < 1.29 is 22.5 Å². The van der Waals surface area contributed by atoms with Gasteiger partial charge in [-0.05, 0) is 51.0 Å². The molecule has 1 fully saturated rings. The van der Waals surface area contributed by atoms with Crippen LogP contribution in [0.5, 0.6) is 5.75 Å². The van der Waals surface area contributed by atoms with E-state index in [0.717, 1.165) is 30.0 Å². The number of nitrogens with zero attached hydrogens (tertiary/aromatic N) is 2. The summed E-state index contributed by atoms with van der Waals surface area (Å²) in [5, 5.41) is 6.82. The number of anilines is 1. The molecule has 0 atom stereocenters. The summed E-state index contributed by atoms with van der Waals surface area (Å²) in [7, 11) is -2.53. The molecule has 1 aliphatic rings. The zero-order valence-corrected chi connectivity index (χ0v) is 19.2. The fraction of sp³-hybridized carbons (Fsp3) is 0.545. The van der Waals surface area contributed by atoms with E-state index in [0.29, 0.717) is 11.4 Å². The minimum Gasteiger partial charge on any atom is -0.497 e. The van der Waals surface area contributed by atoms with Gasteiger partial charge >= 0.3 is 0 Å². The van der Waals surface area contributed by atoms with Gasteiger partial charge in [0.15, 0.2) is 10.7 Å². The number of aromatic nitrogens is 1. The summed E-state index contributed by atoms with van der Waals surface area (Å²) < 4.78 is 38.4. The lowest BCUT2D eigenvalue weighted by molar-refractivity contribution is -0.120. The SMILES string of the molecule is COc1ccc(N(CC(=O)NC2CCCCCCC2)S(=O)(=O)c2c(C)noc2C)cc1. The predicted molar refractivity (Wildman–Crippen MR) is 118 cm³/mol. The minimum atomic E-state index is -4.07. The molecule has 1 saturated carbocycles. The van der Waals surface area contributed by atoms with E-state index in [1.54, 1.807) is 38.1 Å². The Morgan fingerprint density at radius 2 is 1.74 bits per heavy atom. The molecule has 0 bridgehead atoms. The van der Waals surface area contributed by atoms with Crippen LogP contribution in [0, 0.1) is 13.8 Å². The van der Waals surface area contributed by atoms with Crippen LogP contribution in [0.1, 0.15) is 56.4 Å². The average molecular weight is 450 g/mol. The van der Waals surface area contributed by atoms with E-state index in [9.17, 15) is 13.2 Å². The molecule has 1 aromatic carbocycles. The molecule has 9 heteroatoms. The van der Waals surface area contributed by atoms with Gasteiger partial charge in [0.05, 0.1) is 12.8 Å². The van der Waals surface area contributed by atoms with Crippen molar-refractivity contribution in [2.75, 3.05) is 18.0 Å².